The second-order valence-corrected chi connectivity index (χ2v) is 8.53. The zero-order valence-electron chi connectivity index (χ0n) is 12.0. The maximum atomic E-state index is 10.4. The van der Waals surface area contributed by atoms with Crippen molar-refractivity contribution in [2.45, 2.75) is 62.7 Å². The molecular formula is C15H24Br2O2. The number of aliphatic hydroxyl groups excluding tert-OH is 1. The number of rotatable bonds is 1. The normalized spacial score (nSPS) is 46.5. The van der Waals surface area contributed by atoms with Crippen LogP contribution < -0.4 is 0 Å². The standard InChI is InChI=1S/C15H24Br2O2/c1-9-10(18)7-12-14(2,3)13(17)5-6-15(12,4)19-11(9)8-16/h10-13,18H,1,5-8H2,2-4H3/t10?,11-,12?,13-,15-/m0/s1. The minimum absolute atomic E-state index is 0.0901. The Hall–Kier alpha value is 0.620. The smallest absolute Gasteiger partial charge is 0.0911 e. The molecule has 2 fully saturated rings. The van der Waals surface area contributed by atoms with Crippen molar-refractivity contribution in [3.05, 3.63) is 12.2 Å². The minimum Gasteiger partial charge on any atom is -0.389 e. The maximum Gasteiger partial charge on any atom is 0.0911 e. The molecule has 1 aliphatic heterocycles. The molecule has 0 amide bonds. The van der Waals surface area contributed by atoms with Crippen LogP contribution in [0.15, 0.2) is 12.2 Å². The highest BCUT2D eigenvalue weighted by molar-refractivity contribution is 9.09. The molecule has 19 heavy (non-hydrogen) atoms. The lowest BCUT2D eigenvalue weighted by molar-refractivity contribution is -0.142. The molecule has 1 heterocycles. The van der Waals surface area contributed by atoms with Gasteiger partial charge in [-0.3, -0.25) is 0 Å². The third kappa shape index (κ3) is 2.70. The minimum atomic E-state index is -0.466. The largest absolute Gasteiger partial charge is 0.389 e. The number of hydrogen-bond acceptors (Lipinski definition) is 2. The van der Waals surface area contributed by atoms with Crippen LogP contribution in [0.2, 0.25) is 0 Å². The number of fused-ring (bicyclic) bond motifs is 1. The Bertz CT molecular complexity index is 369. The first-order valence-electron chi connectivity index (χ1n) is 6.97. The number of hydrogen-bond donors (Lipinski definition) is 1. The van der Waals surface area contributed by atoms with Crippen LogP contribution in [0.1, 0.15) is 40.0 Å². The predicted molar refractivity (Wildman–Crippen MR) is 86.1 cm³/mol. The van der Waals surface area contributed by atoms with Gasteiger partial charge >= 0.3 is 0 Å². The fourth-order valence-electron chi connectivity index (χ4n) is 3.78. The van der Waals surface area contributed by atoms with E-state index in [-0.39, 0.29) is 17.1 Å². The van der Waals surface area contributed by atoms with Gasteiger partial charge in [-0.1, -0.05) is 52.3 Å². The van der Waals surface area contributed by atoms with E-state index in [0.717, 1.165) is 24.8 Å². The van der Waals surface area contributed by atoms with Gasteiger partial charge in [0.1, 0.15) is 0 Å². The van der Waals surface area contributed by atoms with Crippen molar-refractivity contribution in [3.8, 4) is 0 Å². The second kappa shape index (κ2) is 5.43. The summed E-state index contributed by atoms with van der Waals surface area (Å²) in [4.78, 5) is 0.475. The maximum absolute atomic E-state index is 10.4. The average Bonchev–Trinajstić information content (AvgIpc) is 2.45. The van der Waals surface area contributed by atoms with Gasteiger partial charge in [-0.25, -0.2) is 0 Å². The summed E-state index contributed by atoms with van der Waals surface area (Å²) < 4.78 is 6.39. The molecule has 2 unspecified atom stereocenters. The molecule has 0 spiro atoms. The van der Waals surface area contributed by atoms with E-state index in [1.165, 1.54) is 0 Å². The lowest BCUT2D eigenvalue weighted by Gasteiger charge is -2.52. The summed E-state index contributed by atoms with van der Waals surface area (Å²) >= 11 is 7.31. The van der Waals surface area contributed by atoms with E-state index in [4.69, 9.17) is 4.74 Å². The Morgan fingerprint density at radius 2 is 2.05 bits per heavy atom. The zero-order chi connectivity index (χ0) is 14.4. The Labute approximate surface area is 133 Å². The molecule has 1 saturated heterocycles. The summed E-state index contributed by atoms with van der Waals surface area (Å²) in [6.07, 6.45) is 2.32. The fraction of sp³-hybridized carbons (Fsp3) is 0.867. The molecule has 0 bridgehead atoms. The quantitative estimate of drug-likeness (QED) is 0.536. The second-order valence-electron chi connectivity index (χ2n) is 6.78. The van der Waals surface area contributed by atoms with E-state index in [2.05, 4.69) is 59.2 Å². The van der Waals surface area contributed by atoms with Crippen LogP contribution in [-0.2, 0) is 4.74 Å². The highest BCUT2D eigenvalue weighted by Crippen LogP contribution is 2.54. The van der Waals surface area contributed by atoms with Crippen molar-refractivity contribution in [1.82, 2.24) is 0 Å². The topological polar surface area (TPSA) is 29.5 Å². The van der Waals surface area contributed by atoms with Gasteiger partial charge in [-0.15, -0.1) is 0 Å². The lowest BCUT2D eigenvalue weighted by Crippen LogP contribution is -2.53. The molecule has 110 valence electrons. The van der Waals surface area contributed by atoms with Gasteiger partial charge in [0.25, 0.3) is 0 Å². The van der Waals surface area contributed by atoms with Crippen molar-refractivity contribution >= 4 is 31.9 Å². The molecule has 1 N–H and O–H groups in total. The van der Waals surface area contributed by atoms with Crippen LogP contribution in [-0.4, -0.2) is 33.1 Å². The van der Waals surface area contributed by atoms with Crippen molar-refractivity contribution < 1.29 is 9.84 Å². The summed E-state index contributed by atoms with van der Waals surface area (Å²) in [6, 6.07) is 0. The summed E-state index contributed by atoms with van der Waals surface area (Å²) in [6.45, 7) is 10.8. The van der Waals surface area contributed by atoms with E-state index >= 15 is 0 Å². The Morgan fingerprint density at radius 3 is 2.63 bits per heavy atom. The highest BCUT2D eigenvalue weighted by atomic mass is 79.9. The van der Waals surface area contributed by atoms with Gasteiger partial charge in [0.15, 0.2) is 0 Å². The van der Waals surface area contributed by atoms with Gasteiger partial charge in [-0.05, 0) is 43.1 Å². The van der Waals surface area contributed by atoms with Crippen LogP contribution >= 0.6 is 31.9 Å². The molecular weight excluding hydrogens is 372 g/mol. The summed E-state index contributed by atoms with van der Waals surface area (Å²) in [5.74, 6) is 0.328. The Morgan fingerprint density at radius 1 is 1.42 bits per heavy atom. The number of halogens is 2. The van der Waals surface area contributed by atoms with Gasteiger partial charge in [0.2, 0.25) is 0 Å². The predicted octanol–water partition coefficient (Wildman–Crippen LogP) is 4.05. The van der Waals surface area contributed by atoms with Crippen LogP contribution in [0.3, 0.4) is 0 Å². The molecule has 2 nitrogen and oxygen atoms in total. The molecule has 1 saturated carbocycles. The average molecular weight is 396 g/mol. The van der Waals surface area contributed by atoms with Gasteiger partial charge in [-0.2, -0.15) is 0 Å². The number of ether oxygens (including phenoxy) is 1. The van der Waals surface area contributed by atoms with Crippen molar-refractivity contribution in [3.63, 3.8) is 0 Å². The van der Waals surface area contributed by atoms with E-state index in [1.54, 1.807) is 0 Å². The molecule has 0 aromatic heterocycles. The lowest BCUT2D eigenvalue weighted by atomic mass is 9.60. The molecule has 5 atom stereocenters. The molecule has 1 aliphatic carbocycles. The van der Waals surface area contributed by atoms with Crippen LogP contribution in [0, 0.1) is 11.3 Å². The molecule has 0 aromatic carbocycles. The fourth-order valence-corrected chi connectivity index (χ4v) is 4.88. The highest BCUT2D eigenvalue weighted by Gasteiger charge is 2.54. The van der Waals surface area contributed by atoms with E-state index in [1.807, 2.05) is 0 Å². The van der Waals surface area contributed by atoms with E-state index < -0.39 is 6.10 Å². The number of alkyl halides is 2. The van der Waals surface area contributed by atoms with Crippen LogP contribution in [0.4, 0.5) is 0 Å². The summed E-state index contributed by atoms with van der Waals surface area (Å²) in [5, 5.41) is 11.1. The third-order valence-corrected chi connectivity index (χ3v) is 7.41. The first kappa shape index (κ1) is 16.0. The first-order chi connectivity index (χ1) is 8.72. The molecule has 0 radical (unpaired) electrons. The van der Waals surface area contributed by atoms with Crippen molar-refractivity contribution in [2.75, 3.05) is 5.33 Å². The zero-order valence-corrected chi connectivity index (χ0v) is 15.1. The summed E-state index contributed by atoms with van der Waals surface area (Å²) in [7, 11) is 0. The third-order valence-electron chi connectivity index (χ3n) is 5.19. The SMILES string of the molecule is C=C1C(O)CC2C(C)(C)[C@@H](Br)CC[C@]2(C)O[C@H]1CBr. The van der Waals surface area contributed by atoms with Gasteiger partial charge in [0, 0.05) is 10.2 Å². The van der Waals surface area contributed by atoms with Crippen molar-refractivity contribution in [1.29, 1.82) is 0 Å². The van der Waals surface area contributed by atoms with Crippen LogP contribution in [0.25, 0.3) is 0 Å². The van der Waals surface area contributed by atoms with Crippen molar-refractivity contribution in [2.24, 2.45) is 11.3 Å². The molecule has 2 aliphatic rings. The number of aliphatic hydroxyl groups is 1. The van der Waals surface area contributed by atoms with Gasteiger partial charge in [0.05, 0.1) is 17.8 Å². The van der Waals surface area contributed by atoms with Gasteiger partial charge < -0.3 is 9.84 Å². The monoisotopic (exact) mass is 394 g/mol. The Kier molecular flexibility index (Phi) is 4.57. The first-order valence-corrected chi connectivity index (χ1v) is 9.00. The molecule has 0 aromatic rings. The Balaban J connectivity index is 2.38. The van der Waals surface area contributed by atoms with E-state index in [9.17, 15) is 5.11 Å². The van der Waals surface area contributed by atoms with E-state index in [0.29, 0.717) is 16.1 Å². The summed E-state index contributed by atoms with van der Waals surface area (Å²) in [5.41, 5.74) is 0.747. The molecule has 4 heteroatoms. The molecule has 2 rings (SSSR count). The van der Waals surface area contributed by atoms with Crippen LogP contribution in [0.5, 0.6) is 0 Å².